The van der Waals surface area contributed by atoms with Gasteiger partial charge in [0.15, 0.2) is 0 Å². The molecular weight excluding hydrogens is 1020 g/mol. The second kappa shape index (κ2) is 23.3. The van der Waals surface area contributed by atoms with Gasteiger partial charge < -0.3 is 9.97 Å². The summed E-state index contributed by atoms with van der Waals surface area (Å²) in [4.78, 5) is 38.4. The molecule has 2 aliphatic heterocycles. The van der Waals surface area contributed by atoms with Gasteiger partial charge in [-0.25, -0.2) is 9.97 Å². The van der Waals surface area contributed by atoms with Crippen LogP contribution in [0.5, 0.6) is 0 Å². The monoisotopic (exact) mass is 1080 g/mol. The normalized spacial score (nSPS) is 12.2. The summed E-state index contributed by atoms with van der Waals surface area (Å²) in [5.74, 6) is 0. The van der Waals surface area contributed by atoms with Gasteiger partial charge in [-0.2, -0.15) is 0 Å². The van der Waals surface area contributed by atoms with E-state index < -0.39 is 0 Å². The molecule has 0 atom stereocenters. The Bertz CT molecular complexity index is 4010. The number of aryl methyl sites for hydroxylation is 4. The summed E-state index contributed by atoms with van der Waals surface area (Å²) in [6.45, 7) is 8.36. The van der Waals surface area contributed by atoms with Crippen LogP contribution in [0, 0.1) is 27.7 Å². The Hall–Kier alpha value is -11.0. The highest BCUT2D eigenvalue weighted by atomic mass is 14.8. The molecule has 0 amide bonds. The lowest BCUT2D eigenvalue weighted by molar-refractivity contribution is 1.31. The zero-order chi connectivity index (χ0) is 56.9. The van der Waals surface area contributed by atoms with E-state index in [-0.39, 0.29) is 0 Å². The van der Waals surface area contributed by atoms with E-state index in [1.165, 1.54) is 22.3 Å². The van der Waals surface area contributed by atoms with Gasteiger partial charge in [0.05, 0.1) is 45.5 Å². The number of rotatable bonds is 12. The van der Waals surface area contributed by atoms with Gasteiger partial charge in [-0.1, -0.05) is 168 Å². The highest BCUT2D eigenvalue weighted by molar-refractivity contribution is 6.00. The van der Waals surface area contributed by atoms with Gasteiger partial charge >= 0.3 is 0 Å². The van der Waals surface area contributed by atoms with Crippen LogP contribution in [-0.4, -0.2) is 44.8 Å². The molecule has 0 unspecified atom stereocenters. The van der Waals surface area contributed by atoms with Crippen molar-refractivity contribution < 1.29 is 0 Å². The summed E-state index contributed by atoms with van der Waals surface area (Å²) >= 11 is 0. The van der Waals surface area contributed by atoms with Crippen molar-refractivity contribution in [3.63, 3.8) is 0 Å². The third-order valence-electron chi connectivity index (χ3n) is 15.1. The molecular formula is C76H58N8. The van der Waals surface area contributed by atoms with E-state index >= 15 is 0 Å². The van der Waals surface area contributed by atoms with E-state index in [0.29, 0.717) is 0 Å². The number of hydrogen-bond donors (Lipinski definition) is 2. The number of H-pyrrole nitrogens is 2. The van der Waals surface area contributed by atoms with E-state index in [0.717, 1.165) is 134 Å². The number of hydrogen-bond acceptors (Lipinski definition) is 6. The molecule has 2 N–H and O–H groups in total. The first-order chi connectivity index (χ1) is 41.2. The minimum absolute atomic E-state index is 0.813. The van der Waals surface area contributed by atoms with E-state index in [2.05, 4.69) is 280 Å². The van der Waals surface area contributed by atoms with Crippen LogP contribution in [0.4, 0.5) is 22.7 Å². The molecule has 13 rings (SSSR count). The Morgan fingerprint density at radius 2 is 0.452 bits per heavy atom. The maximum atomic E-state index is 5.58. The highest BCUT2D eigenvalue weighted by Crippen LogP contribution is 2.40. The first-order valence-electron chi connectivity index (χ1n) is 28.2. The van der Waals surface area contributed by atoms with Gasteiger partial charge in [0.2, 0.25) is 0 Å². The molecule has 0 aliphatic carbocycles. The average molecular weight is 1080 g/mol. The summed E-state index contributed by atoms with van der Waals surface area (Å²) in [6, 6.07) is 75.7. The quantitative estimate of drug-likeness (QED) is 0.119. The van der Waals surface area contributed by atoms with E-state index in [1.54, 1.807) is 0 Å². The number of fused-ring (bicyclic) bond motifs is 8. The Balaban J connectivity index is 1.01. The van der Waals surface area contributed by atoms with Crippen molar-refractivity contribution in [3.05, 3.63) is 286 Å². The molecule has 0 saturated heterocycles. The molecule has 8 nitrogen and oxygen atoms in total. The highest BCUT2D eigenvalue weighted by Gasteiger charge is 2.20. The van der Waals surface area contributed by atoms with Crippen LogP contribution in [0.15, 0.2) is 238 Å². The van der Waals surface area contributed by atoms with Gasteiger partial charge in [-0.15, -0.1) is 0 Å². The lowest BCUT2D eigenvalue weighted by atomic mass is 10.0. The van der Waals surface area contributed by atoms with Gasteiger partial charge in [0, 0.05) is 69.2 Å². The number of nitrogens with zero attached hydrogens (tertiary/aromatic N) is 6. The molecule has 2 aliphatic rings. The van der Waals surface area contributed by atoms with Gasteiger partial charge in [0.25, 0.3) is 0 Å². The van der Waals surface area contributed by atoms with Crippen molar-refractivity contribution in [2.75, 3.05) is 0 Å². The van der Waals surface area contributed by atoms with Crippen LogP contribution in [-0.2, 0) is 0 Å². The summed E-state index contributed by atoms with van der Waals surface area (Å²) in [5, 5.41) is 0. The average Bonchev–Trinajstić information content (AvgIpc) is 3.72. The van der Waals surface area contributed by atoms with E-state index in [4.69, 9.17) is 29.9 Å². The molecule has 0 saturated carbocycles. The topological polar surface area (TPSA) is 107 Å². The molecule has 8 bridgehead atoms. The predicted octanol–water partition coefficient (Wildman–Crippen LogP) is 19.6. The molecule has 5 heterocycles. The third-order valence-corrected chi connectivity index (χ3v) is 15.1. The van der Waals surface area contributed by atoms with Crippen molar-refractivity contribution >= 4 is 94.0 Å². The van der Waals surface area contributed by atoms with Crippen LogP contribution in [0.3, 0.4) is 0 Å². The number of benzene rings is 8. The molecule has 11 aromatic rings. The van der Waals surface area contributed by atoms with Crippen LogP contribution < -0.4 is 0 Å². The van der Waals surface area contributed by atoms with Gasteiger partial charge in [-0.05, 0) is 169 Å². The second-order valence-electron chi connectivity index (χ2n) is 21.4. The number of aromatic nitrogens is 4. The maximum Gasteiger partial charge on any atom is 0.0737 e. The van der Waals surface area contributed by atoms with Gasteiger partial charge in [-0.3, -0.25) is 20.0 Å². The lowest BCUT2D eigenvalue weighted by Crippen LogP contribution is -1.90. The Kier molecular flexibility index (Phi) is 14.5. The molecule has 3 aromatic heterocycles. The van der Waals surface area contributed by atoms with E-state index in [9.17, 15) is 0 Å². The summed E-state index contributed by atoms with van der Waals surface area (Å²) < 4.78 is 0. The van der Waals surface area contributed by atoms with Crippen molar-refractivity contribution in [3.8, 4) is 44.5 Å². The fourth-order valence-electron chi connectivity index (χ4n) is 10.5. The minimum Gasteiger partial charge on any atom is -0.354 e. The smallest absolute Gasteiger partial charge is 0.0737 e. The Labute approximate surface area is 489 Å². The second-order valence-corrected chi connectivity index (χ2v) is 21.4. The molecule has 8 aromatic carbocycles. The third kappa shape index (κ3) is 11.6. The van der Waals surface area contributed by atoms with Crippen LogP contribution in [0.25, 0.3) is 90.9 Å². The number of nitrogens with one attached hydrogen (secondary N) is 2. The SMILES string of the molecule is Cc1ccc(/C=N/c2ccc(-c3c4nc(c(-c5ccc(/N=C/c6ccc(C)cc6)cc5)c5ccc([nH]5)c(-c5ccc(/N=C/c6ccc(C)cc6)cc5)c5nc(c(-c6ccc(/N=C/c7ccc(C)cc7)cc6)c6ccc3[nH]6)C=C5)C=C4)cc2)cc1. The molecule has 402 valence electrons. The van der Waals surface area contributed by atoms with Crippen LogP contribution >= 0.6 is 0 Å². The van der Waals surface area contributed by atoms with Crippen molar-refractivity contribution in [2.45, 2.75) is 27.7 Å². The molecule has 84 heavy (non-hydrogen) atoms. The molecule has 0 spiro atoms. The summed E-state index contributed by atoms with van der Waals surface area (Å²) in [6.07, 6.45) is 16.1. The zero-order valence-corrected chi connectivity index (χ0v) is 47.1. The van der Waals surface area contributed by atoms with Crippen molar-refractivity contribution in [1.82, 2.24) is 19.9 Å². The number of aromatic amines is 2. The van der Waals surface area contributed by atoms with Crippen LogP contribution in [0.2, 0.25) is 0 Å². The fraction of sp³-hybridized carbons (Fsp3) is 0.0526. The number of aliphatic imine (C=N–C) groups is 4. The first-order valence-corrected chi connectivity index (χ1v) is 28.2. The first kappa shape index (κ1) is 52.4. The van der Waals surface area contributed by atoms with Crippen LogP contribution in [0.1, 0.15) is 67.3 Å². The van der Waals surface area contributed by atoms with Gasteiger partial charge in [0.1, 0.15) is 0 Å². The minimum atomic E-state index is 0.813. The summed E-state index contributed by atoms with van der Waals surface area (Å²) in [5.41, 5.74) is 27.0. The summed E-state index contributed by atoms with van der Waals surface area (Å²) in [7, 11) is 0. The molecule has 0 radical (unpaired) electrons. The van der Waals surface area contributed by atoms with Crippen molar-refractivity contribution in [2.24, 2.45) is 20.0 Å². The largest absolute Gasteiger partial charge is 0.354 e. The maximum absolute atomic E-state index is 5.58. The van der Waals surface area contributed by atoms with Crippen molar-refractivity contribution in [1.29, 1.82) is 0 Å². The van der Waals surface area contributed by atoms with E-state index in [1.807, 2.05) is 24.9 Å². The standard InChI is InChI=1S/C76H58N8/c1-49-5-13-53(14-6-49)45-77-61-29-21-57(22-30-61)73-65-37-39-67(81-65)74(58-23-31-62(32-24-58)78-46-54-15-7-50(2)8-16-54)69-41-43-71(83-69)76(60-27-35-64(36-28-60)80-48-56-19-11-52(4)12-20-56)72-44-42-70(84-72)75(68-40-38-66(73)82-68)59-25-33-63(34-26-59)79-47-55-17-9-51(3)10-18-55/h5-48,81,84H,1-4H3/b73-65?,73-66?,74-67?,74-69?,75-68?,75-70?,76-71?,76-72?,77-45+,78-46+,79-47+,80-48+. The lowest BCUT2D eigenvalue weighted by Gasteiger charge is -2.08. The molecule has 8 heteroatoms. The molecule has 0 fully saturated rings. The fourth-order valence-corrected chi connectivity index (χ4v) is 10.5. The zero-order valence-electron chi connectivity index (χ0n) is 47.1. The Morgan fingerprint density at radius 1 is 0.250 bits per heavy atom. The Morgan fingerprint density at radius 3 is 0.655 bits per heavy atom. The predicted molar refractivity (Wildman–Crippen MR) is 354 cm³/mol.